The summed E-state index contributed by atoms with van der Waals surface area (Å²) in [6, 6.07) is 16.4. The summed E-state index contributed by atoms with van der Waals surface area (Å²) in [4.78, 5) is 15.3. The van der Waals surface area contributed by atoms with Gasteiger partial charge in [-0.15, -0.1) is 5.10 Å². The van der Waals surface area contributed by atoms with Gasteiger partial charge in [-0.2, -0.15) is 0 Å². The van der Waals surface area contributed by atoms with Crippen LogP contribution < -0.4 is 4.74 Å². The van der Waals surface area contributed by atoms with Crippen LogP contribution in [0.1, 0.15) is 24.6 Å². The molecule has 1 heterocycles. The van der Waals surface area contributed by atoms with Gasteiger partial charge in [-0.1, -0.05) is 42.1 Å². The largest absolute Gasteiger partial charge is 0.486 e. The molecule has 0 aliphatic heterocycles. The second-order valence-electron chi connectivity index (χ2n) is 6.20. The summed E-state index contributed by atoms with van der Waals surface area (Å²) >= 11 is 1.49. The second kappa shape index (κ2) is 7.79. The molecule has 0 bridgehead atoms. The van der Waals surface area contributed by atoms with E-state index in [2.05, 4.69) is 10.1 Å². The summed E-state index contributed by atoms with van der Waals surface area (Å²) in [7, 11) is 0. The lowest BCUT2D eigenvalue weighted by atomic mass is 10.3. The maximum atomic E-state index is 11.0. The molecule has 1 aliphatic rings. The van der Waals surface area contributed by atoms with Crippen molar-refractivity contribution in [2.45, 2.75) is 23.9 Å². The van der Waals surface area contributed by atoms with Gasteiger partial charge in [0, 0.05) is 17.7 Å². The third-order valence-corrected chi connectivity index (χ3v) is 4.99. The number of nitro groups is 1. The molecule has 8 heteroatoms. The predicted octanol–water partition coefficient (Wildman–Crippen LogP) is 4.22. The number of ether oxygens (including phenoxy) is 1. The van der Waals surface area contributed by atoms with Crippen molar-refractivity contribution < 1.29 is 9.66 Å². The molecule has 1 aromatic heterocycles. The van der Waals surface area contributed by atoms with Gasteiger partial charge in [-0.25, -0.2) is 9.67 Å². The summed E-state index contributed by atoms with van der Waals surface area (Å²) in [5.74, 6) is 2.37. The first-order valence-electron chi connectivity index (χ1n) is 8.74. The van der Waals surface area contributed by atoms with Crippen LogP contribution in [0.5, 0.6) is 5.75 Å². The number of nitro benzene ring substituents is 1. The van der Waals surface area contributed by atoms with E-state index >= 15 is 0 Å². The number of thioether (sulfide) groups is 1. The van der Waals surface area contributed by atoms with Crippen molar-refractivity contribution in [3.63, 3.8) is 0 Å². The van der Waals surface area contributed by atoms with Gasteiger partial charge in [0.1, 0.15) is 5.82 Å². The molecule has 0 spiro atoms. The van der Waals surface area contributed by atoms with E-state index in [1.165, 1.54) is 17.8 Å². The third kappa shape index (κ3) is 4.11. The summed E-state index contributed by atoms with van der Waals surface area (Å²) in [6.07, 6.45) is 2.30. The molecule has 0 unspecified atom stereocenters. The second-order valence-corrected chi connectivity index (χ2v) is 7.26. The van der Waals surface area contributed by atoms with Crippen LogP contribution in [0.2, 0.25) is 0 Å². The van der Waals surface area contributed by atoms with Gasteiger partial charge in [0.15, 0.2) is 5.75 Å². The van der Waals surface area contributed by atoms with Crippen LogP contribution in [0.4, 0.5) is 5.69 Å². The molecule has 27 heavy (non-hydrogen) atoms. The maximum Gasteiger partial charge on any atom is 0.310 e. The van der Waals surface area contributed by atoms with Crippen molar-refractivity contribution >= 4 is 17.4 Å². The van der Waals surface area contributed by atoms with Gasteiger partial charge in [0.2, 0.25) is 5.16 Å². The Morgan fingerprint density at radius 1 is 1.15 bits per heavy atom. The standard InChI is InChI=1S/C19H18N4O3S/c24-23(25)16-8-4-5-9-17(16)26-12-13-27-19-20-18(14-10-11-14)22(21-19)15-6-2-1-3-7-15/h1-9,14H,10-13H2. The Labute approximate surface area is 160 Å². The Kier molecular flexibility index (Phi) is 5.06. The van der Waals surface area contributed by atoms with Gasteiger partial charge in [-0.3, -0.25) is 10.1 Å². The van der Waals surface area contributed by atoms with Crippen molar-refractivity contribution in [1.82, 2.24) is 14.8 Å². The highest BCUT2D eigenvalue weighted by Gasteiger charge is 2.30. The first-order valence-corrected chi connectivity index (χ1v) is 9.72. The molecule has 138 valence electrons. The summed E-state index contributed by atoms with van der Waals surface area (Å²) in [5.41, 5.74) is 0.986. The summed E-state index contributed by atoms with van der Waals surface area (Å²) < 4.78 is 7.50. The van der Waals surface area contributed by atoms with Crippen molar-refractivity contribution in [2.24, 2.45) is 0 Å². The molecular weight excluding hydrogens is 364 g/mol. The zero-order valence-corrected chi connectivity index (χ0v) is 15.3. The zero-order chi connectivity index (χ0) is 18.6. The van der Waals surface area contributed by atoms with Gasteiger partial charge < -0.3 is 4.74 Å². The number of hydrogen-bond donors (Lipinski definition) is 0. The number of aromatic nitrogens is 3. The first kappa shape index (κ1) is 17.5. The summed E-state index contributed by atoms with van der Waals surface area (Å²) in [5, 5.41) is 16.4. The van der Waals surface area contributed by atoms with Crippen molar-refractivity contribution in [3.8, 4) is 11.4 Å². The monoisotopic (exact) mass is 382 g/mol. The Morgan fingerprint density at radius 3 is 2.63 bits per heavy atom. The average molecular weight is 382 g/mol. The van der Waals surface area contributed by atoms with E-state index in [0.717, 1.165) is 24.4 Å². The van der Waals surface area contributed by atoms with Crippen LogP contribution in [-0.4, -0.2) is 32.0 Å². The highest BCUT2D eigenvalue weighted by atomic mass is 32.2. The minimum Gasteiger partial charge on any atom is -0.486 e. The third-order valence-electron chi connectivity index (χ3n) is 4.19. The maximum absolute atomic E-state index is 11.0. The molecule has 1 fully saturated rings. The van der Waals surface area contributed by atoms with Crippen molar-refractivity contribution in [2.75, 3.05) is 12.4 Å². The SMILES string of the molecule is O=[N+]([O-])c1ccccc1OCCSc1nc(C2CC2)n(-c2ccccc2)n1. The first-order chi connectivity index (χ1) is 13.2. The van der Waals surface area contributed by atoms with Crippen LogP contribution in [0.25, 0.3) is 5.69 Å². The smallest absolute Gasteiger partial charge is 0.310 e. The normalized spacial score (nSPS) is 13.5. The quantitative estimate of drug-likeness (QED) is 0.251. The molecule has 7 nitrogen and oxygen atoms in total. The van der Waals surface area contributed by atoms with Crippen LogP contribution in [0, 0.1) is 10.1 Å². The van der Waals surface area contributed by atoms with Crippen LogP contribution in [-0.2, 0) is 0 Å². The molecule has 1 saturated carbocycles. The fourth-order valence-corrected chi connectivity index (χ4v) is 3.39. The van der Waals surface area contributed by atoms with E-state index in [1.54, 1.807) is 18.2 Å². The predicted molar refractivity (Wildman–Crippen MR) is 103 cm³/mol. The van der Waals surface area contributed by atoms with Crippen LogP contribution in [0.3, 0.4) is 0 Å². The number of hydrogen-bond acceptors (Lipinski definition) is 6. The van der Waals surface area contributed by atoms with Gasteiger partial charge in [-0.05, 0) is 31.0 Å². The molecule has 1 aliphatic carbocycles. The average Bonchev–Trinajstić information content (AvgIpc) is 3.46. The van der Waals surface area contributed by atoms with E-state index in [-0.39, 0.29) is 11.4 Å². The number of para-hydroxylation sites is 3. The molecule has 0 N–H and O–H groups in total. The molecule has 2 aromatic carbocycles. The number of nitrogens with zero attached hydrogens (tertiary/aromatic N) is 4. The molecule has 3 aromatic rings. The fourth-order valence-electron chi connectivity index (χ4n) is 2.75. The molecule has 0 saturated heterocycles. The van der Waals surface area contributed by atoms with E-state index in [0.29, 0.717) is 23.4 Å². The lowest BCUT2D eigenvalue weighted by Gasteiger charge is -2.05. The molecule has 4 rings (SSSR count). The minimum absolute atomic E-state index is 0.0231. The van der Waals surface area contributed by atoms with E-state index in [1.807, 2.05) is 35.0 Å². The van der Waals surface area contributed by atoms with Crippen molar-refractivity contribution in [1.29, 1.82) is 0 Å². The minimum atomic E-state index is -0.437. The molecular formula is C19H18N4O3S. The Bertz CT molecular complexity index is 941. The highest BCUT2D eigenvalue weighted by molar-refractivity contribution is 7.99. The van der Waals surface area contributed by atoms with Crippen LogP contribution >= 0.6 is 11.8 Å². The van der Waals surface area contributed by atoms with Crippen molar-refractivity contribution in [3.05, 3.63) is 70.5 Å². The van der Waals surface area contributed by atoms with Gasteiger partial charge in [0.25, 0.3) is 0 Å². The Hall–Kier alpha value is -2.87. The van der Waals surface area contributed by atoms with E-state index < -0.39 is 4.92 Å². The van der Waals surface area contributed by atoms with Gasteiger partial charge in [0.05, 0.1) is 17.2 Å². The van der Waals surface area contributed by atoms with E-state index in [9.17, 15) is 10.1 Å². The van der Waals surface area contributed by atoms with Gasteiger partial charge >= 0.3 is 5.69 Å². The number of rotatable bonds is 8. The number of benzene rings is 2. The lowest BCUT2D eigenvalue weighted by Crippen LogP contribution is -2.03. The fraction of sp³-hybridized carbons (Fsp3) is 0.263. The molecule has 0 amide bonds. The van der Waals surface area contributed by atoms with E-state index in [4.69, 9.17) is 4.74 Å². The van der Waals surface area contributed by atoms with Crippen LogP contribution in [0.15, 0.2) is 59.8 Å². The lowest BCUT2D eigenvalue weighted by molar-refractivity contribution is -0.385. The summed E-state index contributed by atoms with van der Waals surface area (Å²) in [6.45, 7) is 0.341. The topological polar surface area (TPSA) is 83.1 Å². The molecule has 0 radical (unpaired) electrons. The molecule has 0 atom stereocenters. The zero-order valence-electron chi connectivity index (χ0n) is 14.5. The Morgan fingerprint density at radius 2 is 1.89 bits per heavy atom. The highest BCUT2D eigenvalue weighted by Crippen LogP contribution is 2.40. The Balaban J connectivity index is 1.40.